The largest absolute Gasteiger partial charge is 0.383 e. The summed E-state index contributed by atoms with van der Waals surface area (Å²) >= 11 is 9.33. The maximum absolute atomic E-state index is 5.83. The highest BCUT2D eigenvalue weighted by molar-refractivity contribution is 9.10. The summed E-state index contributed by atoms with van der Waals surface area (Å²) in [5, 5.41) is 4.60. The monoisotopic (exact) mass is 299 g/mol. The average molecular weight is 301 g/mol. The summed E-state index contributed by atoms with van der Waals surface area (Å²) in [5.74, 6) is 0.498. The molecule has 84 valence electrons. The van der Waals surface area contributed by atoms with Gasteiger partial charge in [-0.3, -0.25) is 0 Å². The van der Waals surface area contributed by atoms with Crippen LogP contribution in [0.4, 0.5) is 5.82 Å². The first-order valence-corrected chi connectivity index (χ1v) is 5.97. The molecular weight excluding hydrogens is 289 g/mol. The highest BCUT2D eigenvalue weighted by Gasteiger charge is 2.06. The van der Waals surface area contributed by atoms with Gasteiger partial charge in [0.15, 0.2) is 0 Å². The quantitative estimate of drug-likeness (QED) is 0.925. The van der Waals surface area contributed by atoms with E-state index >= 15 is 0 Å². The molecule has 0 aliphatic rings. The number of nitrogens with two attached hydrogens (primary N) is 1. The molecule has 0 fully saturated rings. The standard InChI is InChI=1S/C11H11BrClN3/c1-7-2-3-8(4-9(7)12)6-16-11(14)10(13)5-15-16/h2-5H,6,14H2,1H3. The van der Waals surface area contributed by atoms with E-state index < -0.39 is 0 Å². The molecule has 3 nitrogen and oxygen atoms in total. The lowest BCUT2D eigenvalue weighted by molar-refractivity contribution is 0.697. The first-order chi connectivity index (χ1) is 7.58. The Morgan fingerprint density at radius 3 is 2.81 bits per heavy atom. The summed E-state index contributed by atoms with van der Waals surface area (Å²) in [6.07, 6.45) is 1.56. The molecule has 0 atom stereocenters. The summed E-state index contributed by atoms with van der Waals surface area (Å²) < 4.78 is 2.77. The van der Waals surface area contributed by atoms with Gasteiger partial charge in [-0.15, -0.1) is 0 Å². The lowest BCUT2D eigenvalue weighted by Gasteiger charge is -2.06. The minimum Gasteiger partial charge on any atom is -0.383 e. The van der Waals surface area contributed by atoms with Gasteiger partial charge in [-0.05, 0) is 24.1 Å². The Morgan fingerprint density at radius 2 is 2.25 bits per heavy atom. The molecule has 0 amide bonds. The first kappa shape index (κ1) is 11.5. The smallest absolute Gasteiger partial charge is 0.140 e. The molecule has 0 bridgehead atoms. The van der Waals surface area contributed by atoms with E-state index in [1.54, 1.807) is 10.9 Å². The Hall–Kier alpha value is -1.000. The summed E-state index contributed by atoms with van der Waals surface area (Å²) in [4.78, 5) is 0. The van der Waals surface area contributed by atoms with Crippen molar-refractivity contribution in [2.45, 2.75) is 13.5 Å². The Morgan fingerprint density at radius 1 is 1.50 bits per heavy atom. The van der Waals surface area contributed by atoms with Crippen molar-refractivity contribution < 1.29 is 0 Å². The maximum Gasteiger partial charge on any atom is 0.140 e. The van der Waals surface area contributed by atoms with Gasteiger partial charge < -0.3 is 5.73 Å². The number of halogens is 2. The molecule has 1 aromatic carbocycles. The van der Waals surface area contributed by atoms with Crippen LogP contribution in [0.3, 0.4) is 0 Å². The fourth-order valence-electron chi connectivity index (χ4n) is 1.41. The van der Waals surface area contributed by atoms with E-state index in [9.17, 15) is 0 Å². The fraction of sp³-hybridized carbons (Fsp3) is 0.182. The number of hydrogen-bond acceptors (Lipinski definition) is 2. The van der Waals surface area contributed by atoms with Gasteiger partial charge in [0.05, 0.1) is 12.7 Å². The SMILES string of the molecule is Cc1ccc(Cn2ncc(Cl)c2N)cc1Br. The molecule has 0 saturated heterocycles. The van der Waals surface area contributed by atoms with Gasteiger partial charge in [-0.2, -0.15) is 5.10 Å². The van der Waals surface area contributed by atoms with Gasteiger partial charge >= 0.3 is 0 Å². The Kier molecular flexibility index (Phi) is 3.21. The van der Waals surface area contributed by atoms with Crippen molar-refractivity contribution in [1.82, 2.24) is 9.78 Å². The van der Waals surface area contributed by atoms with Gasteiger partial charge in [0, 0.05) is 4.47 Å². The molecule has 5 heteroatoms. The normalized spacial score (nSPS) is 10.7. The summed E-state index contributed by atoms with van der Waals surface area (Å²) in [6.45, 7) is 2.67. The molecule has 2 N–H and O–H groups in total. The van der Waals surface area contributed by atoms with Gasteiger partial charge in [0.1, 0.15) is 10.8 Å². The molecule has 0 saturated carbocycles. The third-order valence-electron chi connectivity index (χ3n) is 2.40. The zero-order valence-corrected chi connectivity index (χ0v) is 11.1. The second-order valence-electron chi connectivity index (χ2n) is 3.62. The van der Waals surface area contributed by atoms with Crippen molar-refractivity contribution in [3.63, 3.8) is 0 Å². The van der Waals surface area contributed by atoms with Crippen molar-refractivity contribution in [1.29, 1.82) is 0 Å². The molecule has 2 aromatic rings. The predicted molar refractivity (Wildman–Crippen MR) is 69.6 cm³/mol. The van der Waals surface area contributed by atoms with E-state index in [-0.39, 0.29) is 0 Å². The number of nitrogen functional groups attached to an aromatic ring is 1. The van der Waals surface area contributed by atoms with Crippen LogP contribution in [-0.4, -0.2) is 9.78 Å². The van der Waals surface area contributed by atoms with Crippen LogP contribution in [-0.2, 0) is 6.54 Å². The first-order valence-electron chi connectivity index (χ1n) is 4.79. The van der Waals surface area contributed by atoms with Crippen LogP contribution in [0, 0.1) is 6.92 Å². The lowest BCUT2D eigenvalue weighted by Crippen LogP contribution is -2.05. The van der Waals surface area contributed by atoms with Crippen LogP contribution < -0.4 is 5.73 Å². The maximum atomic E-state index is 5.83. The van der Waals surface area contributed by atoms with Crippen LogP contribution in [0.1, 0.15) is 11.1 Å². The fourth-order valence-corrected chi connectivity index (χ4v) is 1.97. The van der Waals surface area contributed by atoms with E-state index in [1.807, 2.05) is 6.92 Å². The average Bonchev–Trinajstić information content (AvgIpc) is 2.55. The molecule has 0 aliphatic heterocycles. The molecule has 16 heavy (non-hydrogen) atoms. The van der Waals surface area contributed by atoms with Crippen molar-refractivity contribution >= 4 is 33.3 Å². The summed E-state index contributed by atoms with van der Waals surface area (Å²) in [7, 11) is 0. The lowest BCUT2D eigenvalue weighted by atomic mass is 10.1. The van der Waals surface area contributed by atoms with Crippen LogP contribution >= 0.6 is 27.5 Å². The van der Waals surface area contributed by atoms with Crippen LogP contribution in [0.25, 0.3) is 0 Å². The van der Waals surface area contributed by atoms with E-state index in [0.29, 0.717) is 17.4 Å². The number of benzene rings is 1. The molecule has 0 radical (unpaired) electrons. The number of nitrogens with zero attached hydrogens (tertiary/aromatic N) is 2. The van der Waals surface area contributed by atoms with Crippen LogP contribution in [0.5, 0.6) is 0 Å². The topological polar surface area (TPSA) is 43.8 Å². The zero-order valence-electron chi connectivity index (χ0n) is 8.74. The molecular formula is C11H11BrClN3. The van der Waals surface area contributed by atoms with Gasteiger partial charge in [-0.1, -0.05) is 39.7 Å². The van der Waals surface area contributed by atoms with E-state index in [1.165, 1.54) is 5.56 Å². The predicted octanol–water partition coefficient (Wildman–Crippen LogP) is 3.24. The summed E-state index contributed by atoms with van der Waals surface area (Å²) in [6, 6.07) is 6.17. The molecule has 0 spiro atoms. The van der Waals surface area contributed by atoms with Crippen LogP contribution in [0.2, 0.25) is 5.02 Å². The third-order valence-corrected chi connectivity index (χ3v) is 3.55. The summed E-state index contributed by atoms with van der Waals surface area (Å²) in [5.41, 5.74) is 8.11. The van der Waals surface area contributed by atoms with Crippen molar-refractivity contribution in [3.05, 3.63) is 45.0 Å². The molecule has 2 rings (SSSR count). The highest BCUT2D eigenvalue weighted by atomic mass is 79.9. The van der Waals surface area contributed by atoms with Crippen molar-refractivity contribution in [2.24, 2.45) is 0 Å². The Labute approximate surface area is 107 Å². The minimum absolute atomic E-state index is 0.492. The van der Waals surface area contributed by atoms with Gasteiger partial charge in [0.25, 0.3) is 0 Å². The third kappa shape index (κ3) is 2.23. The molecule has 1 heterocycles. The van der Waals surface area contributed by atoms with E-state index in [4.69, 9.17) is 17.3 Å². The van der Waals surface area contributed by atoms with E-state index in [2.05, 4.69) is 39.2 Å². The van der Waals surface area contributed by atoms with E-state index in [0.717, 1.165) is 10.0 Å². The second-order valence-corrected chi connectivity index (χ2v) is 4.88. The minimum atomic E-state index is 0.492. The van der Waals surface area contributed by atoms with Crippen molar-refractivity contribution in [3.8, 4) is 0 Å². The molecule has 0 unspecified atom stereocenters. The number of rotatable bonds is 2. The highest BCUT2D eigenvalue weighted by Crippen LogP contribution is 2.21. The Balaban J connectivity index is 2.27. The van der Waals surface area contributed by atoms with Crippen LogP contribution in [0.15, 0.2) is 28.9 Å². The molecule has 1 aromatic heterocycles. The van der Waals surface area contributed by atoms with Gasteiger partial charge in [0.2, 0.25) is 0 Å². The number of aromatic nitrogens is 2. The van der Waals surface area contributed by atoms with Crippen molar-refractivity contribution in [2.75, 3.05) is 5.73 Å². The van der Waals surface area contributed by atoms with Gasteiger partial charge in [-0.25, -0.2) is 4.68 Å². The Bertz CT molecular complexity index is 522. The number of hydrogen-bond donors (Lipinski definition) is 1. The number of anilines is 1. The zero-order chi connectivity index (χ0) is 11.7. The molecule has 0 aliphatic carbocycles. The second kappa shape index (κ2) is 4.47. The number of aryl methyl sites for hydroxylation is 1.